The fraction of sp³-hybridized carbons (Fsp3) is 0.250. The molecule has 0 radical (unpaired) electrons. The molecule has 1 fully saturated rings. The fourth-order valence-corrected chi connectivity index (χ4v) is 2.58. The van der Waals surface area contributed by atoms with Crippen LogP contribution in [0.4, 0.5) is 6.01 Å². The summed E-state index contributed by atoms with van der Waals surface area (Å²) in [4.78, 5) is 13.3. The van der Waals surface area contributed by atoms with Gasteiger partial charge in [-0.3, -0.25) is 9.69 Å². The van der Waals surface area contributed by atoms with Crippen LogP contribution in [-0.2, 0) is 4.79 Å². The molecule has 1 saturated heterocycles. The molecule has 3 rings (SSSR count). The van der Waals surface area contributed by atoms with E-state index >= 15 is 0 Å². The van der Waals surface area contributed by atoms with Crippen molar-refractivity contribution in [2.24, 2.45) is 0 Å². The van der Waals surface area contributed by atoms with Gasteiger partial charge < -0.3 is 4.42 Å². The molecule has 1 aromatic heterocycles. The molecule has 1 atom stereocenters. The van der Waals surface area contributed by atoms with E-state index in [2.05, 4.69) is 26.1 Å². The van der Waals surface area contributed by atoms with Gasteiger partial charge in [0.25, 0.3) is 0 Å². The van der Waals surface area contributed by atoms with Crippen LogP contribution in [0.5, 0.6) is 0 Å². The van der Waals surface area contributed by atoms with E-state index < -0.39 is 0 Å². The molecule has 19 heavy (non-hydrogen) atoms. The Kier molecular flexibility index (Phi) is 3.28. The molecule has 1 aliphatic heterocycles. The second-order valence-corrected chi connectivity index (χ2v) is 5.93. The lowest BCUT2D eigenvalue weighted by Crippen LogP contribution is -2.24. The molecule has 98 valence electrons. The van der Waals surface area contributed by atoms with Gasteiger partial charge in [-0.05, 0) is 24.3 Å². The molecular weight excluding hydrogens is 334 g/mol. The quantitative estimate of drug-likeness (QED) is 0.787. The highest BCUT2D eigenvalue weighted by atomic mass is 79.9. The minimum atomic E-state index is -0.0202. The second kappa shape index (κ2) is 4.94. The number of carbonyl (C=O) groups excluding carboxylic acids is 1. The van der Waals surface area contributed by atoms with Crippen molar-refractivity contribution in [1.82, 2.24) is 10.2 Å². The lowest BCUT2D eigenvalue weighted by atomic mass is 10.2. The van der Waals surface area contributed by atoms with Crippen molar-refractivity contribution in [3.63, 3.8) is 0 Å². The summed E-state index contributed by atoms with van der Waals surface area (Å²) in [5.74, 6) is 0.352. The largest absolute Gasteiger partial charge is 0.403 e. The third-order valence-electron chi connectivity index (χ3n) is 2.81. The summed E-state index contributed by atoms with van der Waals surface area (Å²) in [5.41, 5.74) is 0.769. The van der Waals surface area contributed by atoms with Crippen LogP contribution < -0.4 is 4.90 Å². The van der Waals surface area contributed by atoms with Crippen molar-refractivity contribution in [1.29, 1.82) is 0 Å². The highest BCUT2D eigenvalue weighted by Crippen LogP contribution is 2.27. The number of alkyl halides is 1. The Morgan fingerprint density at radius 2 is 2.05 bits per heavy atom. The van der Waals surface area contributed by atoms with E-state index in [1.54, 1.807) is 24.3 Å². The standard InChI is InChI=1S/C12H9BrClN3O2/c13-8-5-10(18)17(6-8)12-16-15-11(19-12)7-1-3-9(14)4-2-7/h1-4,8H,5-6H2. The normalized spacial score (nSPS) is 19.2. The van der Waals surface area contributed by atoms with E-state index in [1.807, 2.05) is 0 Å². The number of carbonyl (C=O) groups is 1. The Bertz CT molecular complexity index is 614. The molecule has 0 aliphatic carbocycles. The molecule has 1 aliphatic rings. The van der Waals surface area contributed by atoms with Gasteiger partial charge in [-0.15, -0.1) is 5.10 Å². The first-order chi connectivity index (χ1) is 9.13. The van der Waals surface area contributed by atoms with Crippen molar-refractivity contribution >= 4 is 39.5 Å². The lowest BCUT2D eigenvalue weighted by molar-refractivity contribution is -0.117. The molecule has 5 nitrogen and oxygen atoms in total. The molecular formula is C12H9BrClN3O2. The Morgan fingerprint density at radius 1 is 1.32 bits per heavy atom. The molecule has 2 heterocycles. The summed E-state index contributed by atoms with van der Waals surface area (Å²) in [6.45, 7) is 0.543. The van der Waals surface area contributed by atoms with Crippen LogP contribution in [0, 0.1) is 0 Å². The zero-order chi connectivity index (χ0) is 13.4. The van der Waals surface area contributed by atoms with Crippen LogP contribution >= 0.6 is 27.5 Å². The van der Waals surface area contributed by atoms with E-state index in [0.717, 1.165) is 5.56 Å². The summed E-state index contributed by atoms with van der Waals surface area (Å²) in [5, 5.41) is 8.51. The lowest BCUT2D eigenvalue weighted by Gasteiger charge is -2.08. The van der Waals surface area contributed by atoms with Gasteiger partial charge in [0.05, 0.1) is 0 Å². The maximum atomic E-state index is 11.7. The summed E-state index contributed by atoms with van der Waals surface area (Å²) < 4.78 is 5.53. The maximum Gasteiger partial charge on any atom is 0.325 e. The molecule has 0 N–H and O–H groups in total. The predicted molar refractivity (Wildman–Crippen MR) is 74.4 cm³/mol. The highest BCUT2D eigenvalue weighted by molar-refractivity contribution is 9.09. The number of rotatable bonds is 2. The first-order valence-electron chi connectivity index (χ1n) is 5.67. The van der Waals surface area contributed by atoms with Crippen LogP contribution in [0.1, 0.15) is 6.42 Å². The molecule has 0 spiro atoms. The maximum absolute atomic E-state index is 11.7. The SMILES string of the molecule is O=C1CC(Br)CN1c1nnc(-c2ccc(Cl)cc2)o1. The van der Waals surface area contributed by atoms with Gasteiger partial charge >= 0.3 is 6.01 Å². The summed E-state index contributed by atoms with van der Waals surface area (Å²) in [6, 6.07) is 7.31. The van der Waals surface area contributed by atoms with Gasteiger partial charge in [-0.2, -0.15) is 0 Å². The number of hydrogen-bond acceptors (Lipinski definition) is 4. The van der Waals surface area contributed by atoms with Crippen LogP contribution in [0.15, 0.2) is 28.7 Å². The van der Waals surface area contributed by atoms with Gasteiger partial charge in [0.15, 0.2) is 0 Å². The first-order valence-corrected chi connectivity index (χ1v) is 6.97. The Hall–Kier alpha value is -1.40. The van der Waals surface area contributed by atoms with Crippen molar-refractivity contribution in [2.45, 2.75) is 11.2 Å². The molecule has 1 amide bonds. The number of amides is 1. The van der Waals surface area contributed by atoms with Crippen molar-refractivity contribution in [2.75, 3.05) is 11.4 Å². The van der Waals surface area contributed by atoms with Crippen molar-refractivity contribution in [3.05, 3.63) is 29.3 Å². The van der Waals surface area contributed by atoms with Crippen molar-refractivity contribution in [3.8, 4) is 11.5 Å². The van der Waals surface area contributed by atoms with Gasteiger partial charge in [-0.1, -0.05) is 32.6 Å². The van der Waals surface area contributed by atoms with Crippen LogP contribution in [0.2, 0.25) is 5.02 Å². The Morgan fingerprint density at radius 3 is 2.68 bits per heavy atom. The number of halogens is 2. The number of hydrogen-bond donors (Lipinski definition) is 0. The zero-order valence-corrected chi connectivity index (χ0v) is 12.1. The number of aromatic nitrogens is 2. The van der Waals surface area contributed by atoms with E-state index in [0.29, 0.717) is 23.9 Å². The molecule has 0 saturated carbocycles. The smallest absolute Gasteiger partial charge is 0.325 e. The van der Waals surface area contributed by atoms with E-state index in [1.165, 1.54) is 4.90 Å². The minimum Gasteiger partial charge on any atom is -0.403 e. The summed E-state index contributed by atoms with van der Waals surface area (Å²) in [7, 11) is 0. The van der Waals surface area contributed by atoms with Gasteiger partial charge in [-0.25, -0.2) is 0 Å². The molecule has 2 aromatic rings. The molecule has 1 unspecified atom stereocenters. The van der Waals surface area contributed by atoms with Crippen LogP contribution in [-0.4, -0.2) is 27.5 Å². The van der Waals surface area contributed by atoms with E-state index in [4.69, 9.17) is 16.0 Å². The topological polar surface area (TPSA) is 59.2 Å². The summed E-state index contributed by atoms with van der Waals surface area (Å²) in [6.07, 6.45) is 0.443. The van der Waals surface area contributed by atoms with Gasteiger partial charge in [0.2, 0.25) is 11.8 Å². The van der Waals surface area contributed by atoms with E-state index in [-0.39, 0.29) is 16.7 Å². The van der Waals surface area contributed by atoms with Crippen LogP contribution in [0.25, 0.3) is 11.5 Å². The highest BCUT2D eigenvalue weighted by Gasteiger charge is 2.32. The molecule has 0 bridgehead atoms. The third kappa shape index (κ3) is 2.50. The molecule has 7 heteroatoms. The number of benzene rings is 1. The average Bonchev–Trinajstić information content (AvgIpc) is 2.97. The Balaban J connectivity index is 1.87. The fourth-order valence-electron chi connectivity index (χ4n) is 1.88. The monoisotopic (exact) mass is 341 g/mol. The summed E-state index contributed by atoms with van der Waals surface area (Å²) >= 11 is 9.23. The van der Waals surface area contributed by atoms with Crippen molar-refractivity contribution < 1.29 is 9.21 Å². The second-order valence-electron chi connectivity index (χ2n) is 4.20. The number of anilines is 1. The first kappa shape index (κ1) is 12.6. The van der Waals surface area contributed by atoms with E-state index in [9.17, 15) is 4.79 Å². The average molecular weight is 343 g/mol. The van der Waals surface area contributed by atoms with Gasteiger partial charge in [0.1, 0.15) is 0 Å². The predicted octanol–water partition coefficient (Wildman–Crippen LogP) is 2.89. The van der Waals surface area contributed by atoms with Gasteiger partial charge in [0, 0.05) is 28.4 Å². The third-order valence-corrected chi connectivity index (χ3v) is 3.68. The zero-order valence-electron chi connectivity index (χ0n) is 9.72. The number of nitrogens with zero attached hydrogens (tertiary/aromatic N) is 3. The minimum absolute atomic E-state index is 0.0202. The molecule has 1 aromatic carbocycles. The van der Waals surface area contributed by atoms with Crippen LogP contribution in [0.3, 0.4) is 0 Å². The Labute approximate surface area is 122 Å².